The van der Waals surface area contributed by atoms with Gasteiger partial charge >= 0.3 is 0 Å². The molecular weight excluding hydrogens is 222 g/mol. The maximum Gasteiger partial charge on any atom is 0.0646 e. The first-order valence-corrected chi connectivity index (χ1v) is 6.44. The monoisotopic (exact) mass is 251 g/mol. The Morgan fingerprint density at radius 2 is 1.56 bits per heavy atom. The van der Waals surface area contributed by atoms with E-state index in [4.69, 9.17) is 0 Å². The van der Waals surface area contributed by atoms with Gasteiger partial charge in [-0.25, -0.2) is 0 Å². The quantitative estimate of drug-likeness (QED) is 0.761. The summed E-state index contributed by atoms with van der Waals surface area (Å²) in [6, 6.07) is 0.421. The van der Waals surface area contributed by atoms with Crippen molar-refractivity contribution >= 4 is 5.71 Å². The summed E-state index contributed by atoms with van der Waals surface area (Å²) in [5.74, 6) is 0. The van der Waals surface area contributed by atoms with Crippen LogP contribution in [0.1, 0.15) is 34.6 Å². The average Bonchev–Trinajstić information content (AvgIpc) is 2.36. The van der Waals surface area contributed by atoms with Gasteiger partial charge in [0.1, 0.15) is 0 Å². The molecule has 0 aromatic carbocycles. The molecule has 18 heavy (non-hydrogen) atoms. The van der Waals surface area contributed by atoms with Crippen LogP contribution in [0.2, 0.25) is 0 Å². The van der Waals surface area contributed by atoms with Crippen LogP contribution in [-0.2, 0) is 0 Å². The van der Waals surface area contributed by atoms with Crippen LogP contribution >= 0.6 is 0 Å². The highest BCUT2D eigenvalue weighted by atomic mass is 15.1. The second kappa shape index (κ2) is 7.37. The van der Waals surface area contributed by atoms with Crippen molar-refractivity contribution in [3.63, 3.8) is 0 Å². The zero-order valence-corrected chi connectivity index (χ0v) is 13.5. The number of aliphatic imine (C=N–C) groups is 1. The predicted molar refractivity (Wildman–Crippen MR) is 82.3 cm³/mol. The van der Waals surface area contributed by atoms with Crippen LogP contribution in [0.4, 0.5) is 0 Å². The summed E-state index contributed by atoms with van der Waals surface area (Å²) < 4.78 is 0. The zero-order valence-electron chi connectivity index (χ0n) is 13.5. The van der Waals surface area contributed by atoms with Crippen LogP contribution in [0.5, 0.6) is 0 Å². The number of likely N-dealkylation sites (N-methyl/N-ethyl adjacent to an activating group) is 1. The predicted octanol–water partition coefficient (Wildman–Crippen LogP) is 2.86. The van der Waals surface area contributed by atoms with Crippen molar-refractivity contribution in [1.29, 1.82) is 0 Å². The number of hydrogen-bond acceptors (Lipinski definition) is 3. The first-order valence-electron chi connectivity index (χ1n) is 6.44. The minimum absolute atomic E-state index is 0.421. The smallest absolute Gasteiger partial charge is 0.0646 e. The molecule has 0 bridgehead atoms. The highest BCUT2D eigenvalue weighted by molar-refractivity contribution is 6.12. The highest BCUT2D eigenvalue weighted by Crippen LogP contribution is 2.18. The van der Waals surface area contributed by atoms with Gasteiger partial charge in [-0.05, 0) is 59.9 Å². The molecular formula is C15H29N3. The lowest BCUT2D eigenvalue weighted by Gasteiger charge is -2.24. The van der Waals surface area contributed by atoms with E-state index in [1.165, 1.54) is 22.4 Å². The lowest BCUT2D eigenvalue weighted by molar-refractivity contribution is 0.349. The Morgan fingerprint density at radius 1 is 1.06 bits per heavy atom. The summed E-state index contributed by atoms with van der Waals surface area (Å²) in [6.45, 7) is 10.8. The molecule has 0 aliphatic rings. The molecule has 3 nitrogen and oxygen atoms in total. The Kier molecular flexibility index (Phi) is 6.92. The Balaban J connectivity index is 5.54. The second-order valence-electron chi connectivity index (χ2n) is 5.02. The fourth-order valence-corrected chi connectivity index (χ4v) is 1.87. The van der Waals surface area contributed by atoms with E-state index in [0.717, 1.165) is 5.71 Å². The van der Waals surface area contributed by atoms with E-state index in [0.29, 0.717) is 6.04 Å². The molecule has 1 atom stereocenters. The first-order chi connectivity index (χ1) is 8.27. The van der Waals surface area contributed by atoms with Gasteiger partial charge in [-0.3, -0.25) is 4.99 Å². The topological polar surface area (TPSA) is 27.6 Å². The zero-order chi connectivity index (χ0) is 14.5. The second-order valence-corrected chi connectivity index (χ2v) is 5.02. The lowest BCUT2D eigenvalue weighted by atomic mass is 9.95. The van der Waals surface area contributed by atoms with Gasteiger partial charge < -0.3 is 10.2 Å². The molecule has 104 valence electrons. The Labute approximate surface area is 113 Å². The van der Waals surface area contributed by atoms with E-state index in [2.05, 4.69) is 63.9 Å². The summed E-state index contributed by atoms with van der Waals surface area (Å²) >= 11 is 0. The normalized spacial score (nSPS) is 17.3. The van der Waals surface area contributed by atoms with Crippen molar-refractivity contribution in [1.82, 2.24) is 10.2 Å². The molecule has 0 fully saturated rings. The van der Waals surface area contributed by atoms with Gasteiger partial charge in [0.2, 0.25) is 0 Å². The summed E-state index contributed by atoms with van der Waals surface area (Å²) in [7, 11) is 8.01. The van der Waals surface area contributed by atoms with E-state index in [1.807, 2.05) is 14.1 Å². The van der Waals surface area contributed by atoms with E-state index >= 15 is 0 Å². The molecule has 0 aliphatic carbocycles. The van der Waals surface area contributed by atoms with E-state index in [1.54, 1.807) is 0 Å². The van der Waals surface area contributed by atoms with Crippen molar-refractivity contribution < 1.29 is 0 Å². The molecule has 1 unspecified atom stereocenters. The van der Waals surface area contributed by atoms with E-state index in [-0.39, 0.29) is 0 Å². The molecule has 1 N–H and O–H groups in total. The molecule has 0 aromatic heterocycles. The SMILES string of the molecule is CN=C(C(C)=C(C)NC)/C(C)=C(\C)C(C)N(C)C. The average molecular weight is 251 g/mol. The van der Waals surface area contributed by atoms with Crippen molar-refractivity contribution in [3.8, 4) is 0 Å². The molecule has 0 aromatic rings. The standard InChI is InChI=1S/C15H29N3/c1-10(14(5)18(8)9)11(2)15(17-7)12(3)13(4)16-6/h14,16H,1-9H3/b11-10+,13-12?,17-15?. The number of hydrogen-bond donors (Lipinski definition) is 1. The molecule has 3 heteroatoms. The lowest BCUT2D eigenvalue weighted by Crippen LogP contribution is -2.27. The van der Waals surface area contributed by atoms with Crippen LogP contribution in [0.25, 0.3) is 0 Å². The number of allylic oxidation sites excluding steroid dienone is 3. The molecule has 0 aliphatic heterocycles. The Morgan fingerprint density at radius 3 is 1.89 bits per heavy atom. The summed E-state index contributed by atoms with van der Waals surface area (Å²) in [4.78, 5) is 6.68. The molecule has 0 heterocycles. The van der Waals surface area contributed by atoms with Gasteiger partial charge in [0.15, 0.2) is 0 Å². The fourth-order valence-electron chi connectivity index (χ4n) is 1.87. The van der Waals surface area contributed by atoms with Gasteiger partial charge in [0, 0.05) is 25.8 Å². The molecule has 0 saturated heterocycles. The summed E-state index contributed by atoms with van der Waals surface area (Å²) in [5, 5.41) is 3.19. The molecule has 0 spiro atoms. The number of rotatable bonds is 5. The first kappa shape index (κ1) is 16.9. The molecule has 0 saturated carbocycles. The Bertz CT molecular complexity index is 373. The highest BCUT2D eigenvalue weighted by Gasteiger charge is 2.14. The molecule has 0 radical (unpaired) electrons. The number of nitrogens with zero attached hydrogens (tertiary/aromatic N) is 2. The maximum absolute atomic E-state index is 4.46. The Hall–Kier alpha value is -1.09. The van der Waals surface area contributed by atoms with Gasteiger partial charge in [-0.15, -0.1) is 0 Å². The van der Waals surface area contributed by atoms with Gasteiger partial charge in [0.05, 0.1) is 5.71 Å². The largest absolute Gasteiger partial charge is 0.391 e. The minimum atomic E-state index is 0.421. The van der Waals surface area contributed by atoms with Crippen LogP contribution in [-0.4, -0.2) is 44.8 Å². The van der Waals surface area contributed by atoms with E-state index in [9.17, 15) is 0 Å². The summed E-state index contributed by atoms with van der Waals surface area (Å²) in [5.41, 5.74) is 6.10. The summed E-state index contributed by atoms with van der Waals surface area (Å²) in [6.07, 6.45) is 0. The van der Waals surface area contributed by atoms with Crippen LogP contribution in [0.3, 0.4) is 0 Å². The third-order valence-corrected chi connectivity index (χ3v) is 3.86. The molecule has 0 amide bonds. The van der Waals surface area contributed by atoms with Crippen molar-refractivity contribution in [2.45, 2.75) is 40.7 Å². The minimum Gasteiger partial charge on any atom is -0.391 e. The van der Waals surface area contributed by atoms with Gasteiger partial charge in [-0.1, -0.05) is 5.57 Å². The number of nitrogens with one attached hydrogen (secondary N) is 1. The van der Waals surface area contributed by atoms with Crippen molar-refractivity contribution in [2.75, 3.05) is 28.2 Å². The molecule has 0 rings (SSSR count). The van der Waals surface area contributed by atoms with Crippen molar-refractivity contribution in [2.24, 2.45) is 4.99 Å². The maximum atomic E-state index is 4.46. The van der Waals surface area contributed by atoms with E-state index < -0.39 is 0 Å². The fraction of sp³-hybridized carbons (Fsp3) is 0.667. The van der Waals surface area contributed by atoms with Crippen LogP contribution in [0, 0.1) is 0 Å². The third-order valence-electron chi connectivity index (χ3n) is 3.86. The van der Waals surface area contributed by atoms with Crippen LogP contribution < -0.4 is 5.32 Å². The van der Waals surface area contributed by atoms with Crippen LogP contribution in [0.15, 0.2) is 27.4 Å². The van der Waals surface area contributed by atoms with Gasteiger partial charge in [0.25, 0.3) is 0 Å². The third kappa shape index (κ3) is 3.98. The van der Waals surface area contributed by atoms with Crippen molar-refractivity contribution in [3.05, 3.63) is 22.4 Å². The van der Waals surface area contributed by atoms with Gasteiger partial charge in [-0.2, -0.15) is 0 Å².